The molecule has 2 nitrogen and oxygen atoms in total. The number of hydrogen-bond donors (Lipinski definition) is 1. The van der Waals surface area contributed by atoms with Crippen LogP contribution in [0.5, 0.6) is 0 Å². The molecule has 0 radical (unpaired) electrons. The van der Waals surface area contributed by atoms with E-state index >= 15 is 0 Å². The lowest BCUT2D eigenvalue weighted by molar-refractivity contribution is 0.206. The van der Waals surface area contributed by atoms with Gasteiger partial charge in [-0.05, 0) is 12.5 Å². The van der Waals surface area contributed by atoms with E-state index < -0.39 is 6.23 Å². The molecule has 0 amide bonds. The SMILES string of the molecule is CC(O)N=Cc1ccccc1. The number of nitrogens with zero attached hydrogens (tertiary/aromatic N) is 1. The summed E-state index contributed by atoms with van der Waals surface area (Å²) in [7, 11) is 0. The predicted octanol–water partition coefficient (Wildman–Crippen LogP) is 1.44. The fraction of sp³-hybridized carbons (Fsp3) is 0.222. The minimum atomic E-state index is -0.616. The van der Waals surface area contributed by atoms with Gasteiger partial charge in [0.15, 0.2) is 0 Å². The molecule has 2 heteroatoms. The molecule has 0 aliphatic heterocycles. The van der Waals surface area contributed by atoms with Gasteiger partial charge < -0.3 is 5.11 Å². The van der Waals surface area contributed by atoms with Gasteiger partial charge in [-0.15, -0.1) is 0 Å². The Balaban J connectivity index is 2.65. The van der Waals surface area contributed by atoms with E-state index in [-0.39, 0.29) is 0 Å². The summed E-state index contributed by atoms with van der Waals surface area (Å²) in [6.07, 6.45) is 1.04. The fourth-order valence-corrected chi connectivity index (χ4v) is 0.733. The van der Waals surface area contributed by atoms with Crippen molar-refractivity contribution in [1.82, 2.24) is 0 Å². The molecule has 1 atom stereocenters. The van der Waals surface area contributed by atoms with Crippen LogP contribution in [-0.4, -0.2) is 17.5 Å². The zero-order chi connectivity index (χ0) is 8.10. The van der Waals surface area contributed by atoms with Crippen LogP contribution in [0.25, 0.3) is 0 Å². The summed E-state index contributed by atoms with van der Waals surface area (Å²) in [4.78, 5) is 3.83. The van der Waals surface area contributed by atoms with Gasteiger partial charge in [-0.3, -0.25) is 4.99 Å². The van der Waals surface area contributed by atoms with Crippen LogP contribution >= 0.6 is 0 Å². The molecule has 0 saturated heterocycles. The lowest BCUT2D eigenvalue weighted by Gasteiger charge is -1.93. The van der Waals surface area contributed by atoms with Crippen molar-refractivity contribution < 1.29 is 5.11 Å². The van der Waals surface area contributed by atoms with Crippen molar-refractivity contribution in [3.63, 3.8) is 0 Å². The van der Waals surface area contributed by atoms with E-state index in [1.807, 2.05) is 30.3 Å². The molecular formula is C9H11NO. The Kier molecular flexibility index (Phi) is 2.81. The van der Waals surface area contributed by atoms with E-state index in [2.05, 4.69) is 4.99 Å². The summed E-state index contributed by atoms with van der Waals surface area (Å²) in [6.45, 7) is 1.62. The first kappa shape index (κ1) is 7.95. The standard InChI is InChI=1S/C9H11NO/c1-8(11)10-7-9-5-3-2-4-6-9/h2-8,11H,1H3. The van der Waals surface area contributed by atoms with Gasteiger partial charge >= 0.3 is 0 Å². The monoisotopic (exact) mass is 149 g/mol. The minimum Gasteiger partial charge on any atom is -0.372 e. The summed E-state index contributed by atoms with van der Waals surface area (Å²) in [5.41, 5.74) is 1.01. The molecule has 1 unspecified atom stereocenters. The summed E-state index contributed by atoms with van der Waals surface area (Å²) in [5, 5.41) is 8.82. The Bertz CT molecular complexity index is 229. The molecule has 1 aromatic rings. The van der Waals surface area contributed by atoms with Crippen molar-refractivity contribution in [3.8, 4) is 0 Å². The fourth-order valence-electron chi connectivity index (χ4n) is 0.733. The van der Waals surface area contributed by atoms with Gasteiger partial charge in [0.2, 0.25) is 0 Å². The van der Waals surface area contributed by atoms with Crippen LogP contribution in [0, 0.1) is 0 Å². The van der Waals surface area contributed by atoms with Crippen molar-refractivity contribution in [2.45, 2.75) is 13.2 Å². The smallest absolute Gasteiger partial charge is 0.142 e. The largest absolute Gasteiger partial charge is 0.372 e. The van der Waals surface area contributed by atoms with Gasteiger partial charge in [-0.1, -0.05) is 30.3 Å². The number of aliphatic hydroxyl groups is 1. The summed E-state index contributed by atoms with van der Waals surface area (Å²) < 4.78 is 0. The van der Waals surface area contributed by atoms with Gasteiger partial charge in [0.05, 0.1) is 0 Å². The second-order valence-corrected chi connectivity index (χ2v) is 2.32. The Morgan fingerprint density at radius 3 is 2.55 bits per heavy atom. The number of aliphatic imine (C=N–C) groups is 1. The maximum atomic E-state index is 8.82. The van der Waals surface area contributed by atoms with Crippen LogP contribution in [0.1, 0.15) is 12.5 Å². The number of aliphatic hydroxyl groups excluding tert-OH is 1. The molecule has 1 aromatic carbocycles. The molecule has 0 heterocycles. The van der Waals surface area contributed by atoms with Crippen LogP contribution in [-0.2, 0) is 0 Å². The lowest BCUT2D eigenvalue weighted by Crippen LogP contribution is -1.94. The average Bonchev–Trinajstić information content (AvgIpc) is 2.03. The highest BCUT2D eigenvalue weighted by Crippen LogP contribution is 1.94. The van der Waals surface area contributed by atoms with Crippen LogP contribution in [0.2, 0.25) is 0 Å². The van der Waals surface area contributed by atoms with Crippen molar-refractivity contribution in [2.75, 3.05) is 0 Å². The van der Waals surface area contributed by atoms with Gasteiger partial charge in [0, 0.05) is 6.21 Å². The Morgan fingerprint density at radius 1 is 1.36 bits per heavy atom. The van der Waals surface area contributed by atoms with Gasteiger partial charge in [0.25, 0.3) is 0 Å². The Morgan fingerprint density at radius 2 is 2.00 bits per heavy atom. The number of hydrogen-bond acceptors (Lipinski definition) is 2. The molecule has 1 rings (SSSR count). The third-order valence-corrected chi connectivity index (χ3v) is 1.24. The molecule has 0 saturated carbocycles. The third kappa shape index (κ3) is 2.96. The van der Waals surface area contributed by atoms with E-state index in [0.717, 1.165) is 5.56 Å². The number of benzene rings is 1. The zero-order valence-corrected chi connectivity index (χ0v) is 6.44. The van der Waals surface area contributed by atoms with Crippen LogP contribution in [0.15, 0.2) is 35.3 Å². The molecule has 0 fully saturated rings. The first-order valence-corrected chi connectivity index (χ1v) is 3.55. The van der Waals surface area contributed by atoms with Gasteiger partial charge in [-0.2, -0.15) is 0 Å². The second-order valence-electron chi connectivity index (χ2n) is 2.32. The summed E-state index contributed by atoms with van der Waals surface area (Å²) >= 11 is 0. The second kappa shape index (κ2) is 3.88. The third-order valence-electron chi connectivity index (χ3n) is 1.24. The van der Waals surface area contributed by atoms with Crippen molar-refractivity contribution in [1.29, 1.82) is 0 Å². The zero-order valence-electron chi connectivity index (χ0n) is 6.44. The van der Waals surface area contributed by atoms with E-state index in [1.165, 1.54) is 0 Å². The first-order chi connectivity index (χ1) is 5.29. The average molecular weight is 149 g/mol. The molecule has 0 aliphatic carbocycles. The molecule has 0 spiro atoms. The molecule has 11 heavy (non-hydrogen) atoms. The number of rotatable bonds is 2. The first-order valence-electron chi connectivity index (χ1n) is 3.55. The van der Waals surface area contributed by atoms with Crippen molar-refractivity contribution in [3.05, 3.63) is 35.9 Å². The summed E-state index contributed by atoms with van der Waals surface area (Å²) in [6, 6.07) is 9.68. The normalized spacial score (nSPS) is 13.6. The predicted molar refractivity (Wildman–Crippen MR) is 45.7 cm³/mol. The quantitative estimate of drug-likeness (QED) is 0.634. The molecule has 58 valence electrons. The molecule has 0 aromatic heterocycles. The molecular weight excluding hydrogens is 138 g/mol. The van der Waals surface area contributed by atoms with E-state index in [0.29, 0.717) is 0 Å². The molecule has 0 bridgehead atoms. The highest BCUT2D eigenvalue weighted by Gasteiger charge is 1.86. The lowest BCUT2D eigenvalue weighted by atomic mass is 10.2. The molecule has 1 N–H and O–H groups in total. The van der Waals surface area contributed by atoms with Crippen LogP contribution in [0.4, 0.5) is 0 Å². The topological polar surface area (TPSA) is 32.6 Å². The van der Waals surface area contributed by atoms with E-state index in [4.69, 9.17) is 5.11 Å². The maximum absolute atomic E-state index is 8.82. The highest BCUT2D eigenvalue weighted by molar-refractivity contribution is 5.79. The van der Waals surface area contributed by atoms with Gasteiger partial charge in [-0.25, -0.2) is 0 Å². The maximum Gasteiger partial charge on any atom is 0.142 e. The van der Waals surface area contributed by atoms with Crippen LogP contribution < -0.4 is 0 Å². The van der Waals surface area contributed by atoms with E-state index in [1.54, 1.807) is 13.1 Å². The van der Waals surface area contributed by atoms with Crippen molar-refractivity contribution >= 4 is 6.21 Å². The van der Waals surface area contributed by atoms with E-state index in [9.17, 15) is 0 Å². The Hall–Kier alpha value is -1.15. The minimum absolute atomic E-state index is 0.616. The Labute approximate surface area is 66.2 Å². The highest BCUT2D eigenvalue weighted by atomic mass is 16.3. The van der Waals surface area contributed by atoms with Gasteiger partial charge in [0.1, 0.15) is 6.23 Å². The molecule has 0 aliphatic rings. The summed E-state index contributed by atoms with van der Waals surface area (Å²) in [5.74, 6) is 0. The van der Waals surface area contributed by atoms with Crippen LogP contribution in [0.3, 0.4) is 0 Å². The van der Waals surface area contributed by atoms with Crippen molar-refractivity contribution in [2.24, 2.45) is 4.99 Å².